The summed E-state index contributed by atoms with van der Waals surface area (Å²) < 4.78 is 15.5. The van der Waals surface area contributed by atoms with Crippen LogP contribution in [0, 0.1) is 5.92 Å². The predicted molar refractivity (Wildman–Crippen MR) is 207 cm³/mol. The van der Waals surface area contributed by atoms with Crippen molar-refractivity contribution in [3.05, 3.63) is 72.6 Å². The molecule has 2 aromatic carbocycles. The lowest BCUT2D eigenvalue weighted by molar-refractivity contribution is -0.138. The van der Waals surface area contributed by atoms with E-state index in [0.29, 0.717) is 38.2 Å². The van der Waals surface area contributed by atoms with Crippen LogP contribution in [0.4, 0.5) is 9.59 Å². The molecule has 4 heterocycles. The summed E-state index contributed by atoms with van der Waals surface area (Å²) in [4.78, 5) is 70.8. The molecule has 296 valence electrons. The molecule has 2 aliphatic heterocycles. The number of aromatic amines is 2. The normalized spacial score (nSPS) is 21.8. The second-order valence-corrected chi connectivity index (χ2v) is 14.7. The lowest BCUT2D eigenvalue weighted by Crippen LogP contribution is -2.54. The molecule has 4 aromatic rings. The fraction of sp³-hybridized carbons (Fsp3) is 0.463. The molecule has 1 saturated carbocycles. The number of benzene rings is 2. The van der Waals surface area contributed by atoms with Gasteiger partial charge < -0.3 is 44.6 Å². The van der Waals surface area contributed by atoms with E-state index in [2.05, 4.69) is 62.0 Å². The molecule has 0 spiro atoms. The Bertz CT molecular complexity index is 2010. The monoisotopic (exact) mass is 766 g/mol. The number of methoxy groups -OCH3 is 2. The van der Waals surface area contributed by atoms with Gasteiger partial charge in [-0.25, -0.2) is 19.6 Å². The van der Waals surface area contributed by atoms with Gasteiger partial charge in [0, 0.05) is 33.2 Å². The van der Waals surface area contributed by atoms with Crippen LogP contribution in [0.25, 0.3) is 33.6 Å². The number of carbonyl (C=O) groups excluding carboxylic acids is 4. The molecule has 0 radical (unpaired) electrons. The molecule has 15 heteroatoms. The molecular formula is C41H50N8O7. The maximum Gasteiger partial charge on any atom is 0.407 e. The average molecular weight is 767 g/mol. The number of nitrogens with one attached hydrogen (secondary N) is 4. The van der Waals surface area contributed by atoms with Gasteiger partial charge in [0.05, 0.1) is 49.1 Å². The van der Waals surface area contributed by atoms with Crippen molar-refractivity contribution in [1.29, 1.82) is 0 Å². The van der Waals surface area contributed by atoms with Gasteiger partial charge in [0.25, 0.3) is 0 Å². The number of amides is 4. The number of imidazole rings is 2. The molecule has 6 atom stereocenters. The third-order valence-electron chi connectivity index (χ3n) is 11.4. The van der Waals surface area contributed by atoms with E-state index in [-0.39, 0.29) is 35.9 Å². The number of aromatic nitrogens is 4. The molecule has 3 aliphatic rings. The number of hydrogen-bond donors (Lipinski definition) is 4. The highest BCUT2D eigenvalue weighted by atomic mass is 16.6. The van der Waals surface area contributed by atoms with Crippen molar-refractivity contribution < 1.29 is 33.4 Å². The number of alkyl carbamates (subject to hydrolysis) is 2. The van der Waals surface area contributed by atoms with Crippen molar-refractivity contribution in [2.24, 2.45) is 5.92 Å². The first-order chi connectivity index (χ1) is 27.2. The van der Waals surface area contributed by atoms with Gasteiger partial charge in [-0.3, -0.25) is 9.59 Å². The molecule has 7 rings (SSSR count). The van der Waals surface area contributed by atoms with E-state index in [4.69, 9.17) is 19.2 Å². The molecule has 15 nitrogen and oxygen atoms in total. The number of carbonyl (C=O) groups is 4. The van der Waals surface area contributed by atoms with Crippen LogP contribution in [0.2, 0.25) is 0 Å². The number of H-pyrrole nitrogens is 2. The Labute approximate surface area is 325 Å². The lowest BCUT2D eigenvalue weighted by atomic mass is 10.0. The minimum Gasteiger partial charge on any atom is -0.453 e. The summed E-state index contributed by atoms with van der Waals surface area (Å²) in [6, 6.07) is 15.3. The molecule has 3 fully saturated rings. The number of nitrogens with zero attached hydrogens (tertiary/aromatic N) is 4. The van der Waals surface area contributed by atoms with Gasteiger partial charge in [-0.2, -0.15) is 0 Å². The van der Waals surface area contributed by atoms with Gasteiger partial charge in [0.15, 0.2) is 0 Å². The molecule has 0 bridgehead atoms. The molecule has 2 aromatic heterocycles. The van der Waals surface area contributed by atoms with Gasteiger partial charge >= 0.3 is 12.2 Å². The van der Waals surface area contributed by atoms with Crippen LogP contribution in [0.3, 0.4) is 0 Å². The van der Waals surface area contributed by atoms with Crippen LogP contribution >= 0.6 is 0 Å². The Kier molecular flexibility index (Phi) is 11.7. The quantitative estimate of drug-likeness (QED) is 0.148. The van der Waals surface area contributed by atoms with E-state index in [1.165, 1.54) is 21.3 Å². The van der Waals surface area contributed by atoms with Crippen LogP contribution in [-0.4, -0.2) is 106 Å². The summed E-state index contributed by atoms with van der Waals surface area (Å²) in [5.41, 5.74) is 5.82. The molecule has 4 N–H and O–H groups in total. The highest BCUT2D eigenvalue weighted by molar-refractivity contribution is 5.87. The van der Waals surface area contributed by atoms with Crippen LogP contribution < -0.4 is 10.6 Å². The first-order valence-electron chi connectivity index (χ1n) is 19.3. The van der Waals surface area contributed by atoms with E-state index in [0.717, 1.165) is 65.1 Å². The largest absolute Gasteiger partial charge is 0.453 e. The summed E-state index contributed by atoms with van der Waals surface area (Å²) in [7, 11) is 4.30. The molecule has 1 aliphatic carbocycles. The third-order valence-corrected chi connectivity index (χ3v) is 11.4. The smallest absolute Gasteiger partial charge is 0.407 e. The standard InChI is InChI=1S/C41H50N8O7/c1-24(54-3)35(47-41(53)55-4)39(51)49-20-6-8-34(49)37-44-23-32(46-37)28-15-11-26(12-16-28)25-9-13-27(14-10-25)31-22-43-36(45-31)33-7-5-19-48(33)38(50)29-17-18-30(21-29)56-40(52)42-2/h9-16,22-24,29-30,33-35H,5-8,17-21H2,1-4H3,(H,42,52)(H,43,45)(H,44,46)(H,47,53)/t24-,29?,30?,33-,34-,35-/m0/s1. The van der Waals surface area contributed by atoms with E-state index in [1.54, 1.807) is 18.0 Å². The number of rotatable bonds is 11. The van der Waals surface area contributed by atoms with Gasteiger partial charge in [0.2, 0.25) is 11.8 Å². The van der Waals surface area contributed by atoms with Crippen molar-refractivity contribution in [2.75, 3.05) is 34.4 Å². The maximum atomic E-state index is 13.6. The minimum atomic E-state index is -0.892. The van der Waals surface area contributed by atoms with E-state index in [9.17, 15) is 19.2 Å². The number of ether oxygens (including phenoxy) is 3. The summed E-state index contributed by atoms with van der Waals surface area (Å²) >= 11 is 0. The SMILES string of the molecule is CNC(=O)OC1CCC(C(=O)N2CCC[C@H]2c2ncc(-c3ccc(-c4ccc(-c5cnc([C@@H]6CCCN6C(=O)[C@@H](NC(=O)OC)[C@H](C)OC)[nH]5)cc4)cc3)[nH]2)C1. The zero-order chi connectivity index (χ0) is 39.3. The van der Waals surface area contributed by atoms with Gasteiger partial charge in [0.1, 0.15) is 23.8 Å². The second kappa shape index (κ2) is 17.0. The Morgan fingerprint density at radius 3 is 1.82 bits per heavy atom. The Morgan fingerprint density at radius 1 is 0.750 bits per heavy atom. The molecule has 2 unspecified atom stereocenters. The van der Waals surface area contributed by atoms with Crippen molar-refractivity contribution in [3.8, 4) is 33.6 Å². The first kappa shape index (κ1) is 38.6. The van der Waals surface area contributed by atoms with E-state index < -0.39 is 24.3 Å². The van der Waals surface area contributed by atoms with Gasteiger partial charge in [-0.1, -0.05) is 48.5 Å². The first-order valence-corrected chi connectivity index (χ1v) is 19.3. The zero-order valence-electron chi connectivity index (χ0n) is 32.2. The maximum absolute atomic E-state index is 13.6. The summed E-state index contributed by atoms with van der Waals surface area (Å²) in [6.07, 6.45) is 6.98. The predicted octanol–water partition coefficient (Wildman–Crippen LogP) is 5.75. The fourth-order valence-corrected chi connectivity index (χ4v) is 8.22. The number of hydrogen-bond acceptors (Lipinski definition) is 9. The molecular weight excluding hydrogens is 716 g/mol. The Morgan fingerprint density at radius 2 is 1.29 bits per heavy atom. The molecule has 56 heavy (non-hydrogen) atoms. The van der Waals surface area contributed by atoms with Crippen LogP contribution in [0.5, 0.6) is 0 Å². The highest BCUT2D eigenvalue weighted by Crippen LogP contribution is 2.37. The Hall–Kier alpha value is -5.70. The van der Waals surface area contributed by atoms with Crippen molar-refractivity contribution in [2.45, 2.75) is 82.2 Å². The highest BCUT2D eigenvalue weighted by Gasteiger charge is 2.40. The van der Waals surface area contributed by atoms with E-state index >= 15 is 0 Å². The average Bonchev–Trinajstić information content (AvgIpc) is 4.08. The Balaban J connectivity index is 0.977. The topological polar surface area (TPSA) is 184 Å². The van der Waals surface area contributed by atoms with Crippen LogP contribution in [0.15, 0.2) is 60.9 Å². The fourth-order valence-electron chi connectivity index (χ4n) is 8.22. The van der Waals surface area contributed by atoms with Crippen molar-refractivity contribution in [1.82, 2.24) is 40.4 Å². The van der Waals surface area contributed by atoms with Gasteiger partial charge in [-0.15, -0.1) is 0 Å². The second-order valence-electron chi connectivity index (χ2n) is 14.7. The molecule has 2 saturated heterocycles. The molecule has 4 amide bonds. The van der Waals surface area contributed by atoms with Gasteiger partial charge in [-0.05, 0) is 74.1 Å². The van der Waals surface area contributed by atoms with Crippen LogP contribution in [-0.2, 0) is 23.8 Å². The van der Waals surface area contributed by atoms with Crippen molar-refractivity contribution in [3.63, 3.8) is 0 Å². The number of likely N-dealkylation sites (tertiary alicyclic amines) is 2. The summed E-state index contributed by atoms with van der Waals surface area (Å²) in [5.74, 6) is 1.20. The van der Waals surface area contributed by atoms with Crippen LogP contribution in [0.1, 0.15) is 75.6 Å². The lowest BCUT2D eigenvalue weighted by Gasteiger charge is -2.30. The third kappa shape index (κ3) is 8.13. The minimum absolute atomic E-state index is 0.106. The zero-order valence-corrected chi connectivity index (χ0v) is 32.2. The summed E-state index contributed by atoms with van der Waals surface area (Å²) in [6.45, 7) is 2.98. The summed E-state index contributed by atoms with van der Waals surface area (Å²) in [5, 5.41) is 5.10. The van der Waals surface area contributed by atoms with Crippen molar-refractivity contribution >= 4 is 24.0 Å². The van der Waals surface area contributed by atoms with E-state index in [1.807, 2.05) is 23.2 Å².